The predicted octanol–water partition coefficient (Wildman–Crippen LogP) is 4.80. The number of nitrogens with zero attached hydrogens (tertiary/aromatic N) is 2. The average Bonchev–Trinajstić information content (AvgIpc) is 3.37. The first-order chi connectivity index (χ1) is 14.5. The molecule has 4 rings (SSSR count). The Morgan fingerprint density at radius 3 is 2.67 bits per heavy atom. The molecule has 0 bridgehead atoms. The maximum absolute atomic E-state index is 13.1. The van der Waals surface area contributed by atoms with Gasteiger partial charge in [0.2, 0.25) is 5.91 Å². The highest BCUT2D eigenvalue weighted by atomic mass is 19.1. The Morgan fingerprint density at radius 2 is 1.93 bits per heavy atom. The quantitative estimate of drug-likeness (QED) is 0.462. The average molecular weight is 406 g/mol. The third-order valence-corrected chi connectivity index (χ3v) is 4.93. The van der Waals surface area contributed by atoms with Crippen molar-refractivity contribution in [1.29, 1.82) is 0 Å². The van der Waals surface area contributed by atoms with Gasteiger partial charge in [-0.05, 0) is 42.3 Å². The molecule has 6 nitrogen and oxygen atoms in total. The van der Waals surface area contributed by atoms with Crippen molar-refractivity contribution in [1.82, 2.24) is 20.3 Å². The summed E-state index contributed by atoms with van der Waals surface area (Å²) in [6.45, 7) is 4.09. The van der Waals surface area contributed by atoms with E-state index in [1.165, 1.54) is 12.1 Å². The highest BCUT2D eigenvalue weighted by molar-refractivity contribution is 5.77. The van der Waals surface area contributed by atoms with Crippen molar-refractivity contribution in [2.45, 2.75) is 32.7 Å². The number of hydrogen-bond acceptors (Lipinski definition) is 4. The number of halogens is 1. The van der Waals surface area contributed by atoms with Gasteiger partial charge in [0.15, 0.2) is 11.7 Å². The van der Waals surface area contributed by atoms with Gasteiger partial charge in [-0.15, -0.1) is 0 Å². The number of carbonyl (C=O) groups excluding carboxylic acids is 1. The zero-order valence-corrected chi connectivity index (χ0v) is 16.9. The monoisotopic (exact) mass is 406 g/mol. The van der Waals surface area contributed by atoms with Gasteiger partial charge in [0.25, 0.3) is 0 Å². The zero-order chi connectivity index (χ0) is 21.1. The molecule has 2 N–H and O–H groups in total. The molecule has 1 unspecified atom stereocenters. The van der Waals surface area contributed by atoms with Crippen molar-refractivity contribution in [3.8, 4) is 11.3 Å². The Balaban J connectivity index is 1.39. The summed E-state index contributed by atoms with van der Waals surface area (Å²) in [6, 6.07) is 13.6. The number of hydrogen-bond donors (Lipinski definition) is 2. The molecule has 0 spiro atoms. The summed E-state index contributed by atoms with van der Waals surface area (Å²) < 4.78 is 18.8. The Morgan fingerprint density at radius 1 is 1.17 bits per heavy atom. The number of fused-ring (bicyclic) bond motifs is 1. The Hall–Kier alpha value is -3.48. The van der Waals surface area contributed by atoms with E-state index in [2.05, 4.69) is 20.3 Å². The Kier molecular flexibility index (Phi) is 5.61. The molecule has 0 saturated carbocycles. The number of aromatic amines is 1. The fourth-order valence-electron chi connectivity index (χ4n) is 3.31. The first kappa shape index (κ1) is 19.8. The first-order valence-electron chi connectivity index (χ1n) is 9.94. The number of para-hydroxylation sites is 2. The summed E-state index contributed by atoms with van der Waals surface area (Å²) in [5.41, 5.74) is 2.56. The van der Waals surface area contributed by atoms with E-state index in [0.29, 0.717) is 18.1 Å². The molecule has 0 fully saturated rings. The lowest BCUT2D eigenvalue weighted by atomic mass is 10.0. The second-order valence-electron chi connectivity index (χ2n) is 7.55. The molecule has 4 aromatic rings. The molecule has 2 aromatic heterocycles. The predicted molar refractivity (Wildman–Crippen MR) is 112 cm³/mol. The van der Waals surface area contributed by atoms with Crippen molar-refractivity contribution in [3.05, 3.63) is 72.3 Å². The van der Waals surface area contributed by atoms with Crippen molar-refractivity contribution in [2.75, 3.05) is 0 Å². The maximum atomic E-state index is 13.1. The number of aryl methyl sites for hydroxylation is 1. The maximum Gasteiger partial charge on any atom is 0.221 e. The zero-order valence-electron chi connectivity index (χ0n) is 16.9. The Bertz CT molecular complexity index is 1110. The van der Waals surface area contributed by atoms with E-state index >= 15 is 0 Å². The first-order valence-corrected chi connectivity index (χ1v) is 9.94. The normalized spacial score (nSPS) is 12.4. The van der Waals surface area contributed by atoms with Crippen LogP contribution in [0.25, 0.3) is 22.4 Å². The number of H-pyrrole nitrogens is 1. The minimum atomic E-state index is -0.306. The molecule has 0 saturated heterocycles. The van der Waals surface area contributed by atoms with Crippen LogP contribution in [-0.4, -0.2) is 20.9 Å². The highest BCUT2D eigenvalue weighted by Crippen LogP contribution is 2.23. The van der Waals surface area contributed by atoms with Crippen LogP contribution in [0.3, 0.4) is 0 Å². The van der Waals surface area contributed by atoms with Crippen molar-refractivity contribution >= 4 is 16.9 Å². The van der Waals surface area contributed by atoms with Gasteiger partial charge in [-0.2, -0.15) is 0 Å². The van der Waals surface area contributed by atoms with E-state index in [9.17, 15) is 9.18 Å². The summed E-state index contributed by atoms with van der Waals surface area (Å²) in [4.78, 5) is 24.7. The van der Waals surface area contributed by atoms with Crippen LogP contribution in [0.4, 0.5) is 4.39 Å². The number of rotatable bonds is 7. The van der Waals surface area contributed by atoms with E-state index in [1.807, 2.05) is 38.1 Å². The lowest BCUT2D eigenvalue weighted by Crippen LogP contribution is -2.32. The van der Waals surface area contributed by atoms with Gasteiger partial charge in [-0.25, -0.2) is 14.4 Å². The van der Waals surface area contributed by atoms with E-state index in [0.717, 1.165) is 22.4 Å². The molecular weight excluding hydrogens is 383 g/mol. The van der Waals surface area contributed by atoms with E-state index in [-0.39, 0.29) is 30.1 Å². The number of imidazole rings is 1. The van der Waals surface area contributed by atoms with Crippen LogP contribution >= 0.6 is 0 Å². The van der Waals surface area contributed by atoms with Crippen LogP contribution in [0.2, 0.25) is 0 Å². The summed E-state index contributed by atoms with van der Waals surface area (Å²) >= 11 is 0. The van der Waals surface area contributed by atoms with Gasteiger partial charge in [0.05, 0.1) is 23.3 Å². The van der Waals surface area contributed by atoms with Crippen molar-refractivity contribution in [3.63, 3.8) is 0 Å². The smallest absolute Gasteiger partial charge is 0.221 e. The SMILES string of the molecule is CC(C)C(NC(=O)CCc1ncc(-c2ccc(F)cc2)o1)c1nc2ccccc2[nH]1. The van der Waals surface area contributed by atoms with Crippen LogP contribution in [0.1, 0.15) is 38.0 Å². The Labute approximate surface area is 173 Å². The van der Waals surface area contributed by atoms with Gasteiger partial charge in [-0.1, -0.05) is 26.0 Å². The molecule has 1 atom stereocenters. The van der Waals surface area contributed by atoms with Crippen LogP contribution in [0.15, 0.2) is 59.1 Å². The molecule has 1 amide bonds. The van der Waals surface area contributed by atoms with Gasteiger partial charge >= 0.3 is 0 Å². The van der Waals surface area contributed by atoms with Crippen LogP contribution < -0.4 is 5.32 Å². The molecule has 0 radical (unpaired) electrons. The molecule has 0 aliphatic heterocycles. The van der Waals surface area contributed by atoms with E-state index in [1.54, 1.807) is 18.3 Å². The minimum Gasteiger partial charge on any atom is -0.441 e. The number of amides is 1. The number of nitrogens with one attached hydrogen (secondary N) is 2. The number of carbonyl (C=O) groups is 1. The third kappa shape index (κ3) is 4.40. The number of oxazole rings is 1. The van der Waals surface area contributed by atoms with E-state index in [4.69, 9.17) is 4.42 Å². The lowest BCUT2D eigenvalue weighted by molar-refractivity contribution is -0.122. The molecule has 154 valence electrons. The third-order valence-electron chi connectivity index (χ3n) is 4.93. The van der Waals surface area contributed by atoms with Gasteiger partial charge in [-0.3, -0.25) is 4.79 Å². The van der Waals surface area contributed by atoms with E-state index < -0.39 is 0 Å². The molecule has 30 heavy (non-hydrogen) atoms. The molecule has 2 heterocycles. The van der Waals surface area contributed by atoms with Gasteiger partial charge < -0.3 is 14.7 Å². The summed E-state index contributed by atoms with van der Waals surface area (Å²) in [5.74, 6) is 1.52. The standard InChI is InChI=1S/C23H23FN4O2/c1-14(2)22(23-26-17-5-3-4-6-18(17)27-23)28-20(29)11-12-21-25-13-19(30-21)15-7-9-16(24)10-8-15/h3-10,13-14,22H,11-12H2,1-2H3,(H,26,27)(H,28,29). The lowest BCUT2D eigenvalue weighted by Gasteiger charge is -2.20. The number of benzene rings is 2. The fraction of sp³-hybridized carbons (Fsp3) is 0.261. The van der Waals surface area contributed by atoms with Crippen LogP contribution in [-0.2, 0) is 11.2 Å². The fourth-order valence-corrected chi connectivity index (χ4v) is 3.31. The summed E-state index contributed by atoms with van der Waals surface area (Å²) in [7, 11) is 0. The second kappa shape index (κ2) is 8.49. The van der Waals surface area contributed by atoms with Crippen LogP contribution in [0, 0.1) is 11.7 Å². The van der Waals surface area contributed by atoms with Gasteiger partial charge in [0.1, 0.15) is 11.6 Å². The van der Waals surface area contributed by atoms with Crippen molar-refractivity contribution in [2.24, 2.45) is 5.92 Å². The molecule has 0 aliphatic carbocycles. The summed E-state index contributed by atoms with van der Waals surface area (Å²) in [5, 5.41) is 3.06. The number of aromatic nitrogens is 3. The largest absolute Gasteiger partial charge is 0.441 e. The molecular formula is C23H23FN4O2. The molecule has 7 heteroatoms. The van der Waals surface area contributed by atoms with Gasteiger partial charge in [0, 0.05) is 18.4 Å². The van der Waals surface area contributed by atoms with Crippen LogP contribution in [0.5, 0.6) is 0 Å². The summed E-state index contributed by atoms with van der Waals surface area (Å²) in [6.07, 6.45) is 2.20. The minimum absolute atomic E-state index is 0.101. The highest BCUT2D eigenvalue weighted by Gasteiger charge is 2.22. The molecule has 2 aromatic carbocycles. The van der Waals surface area contributed by atoms with Crippen molar-refractivity contribution < 1.29 is 13.6 Å². The topological polar surface area (TPSA) is 83.8 Å². The molecule has 0 aliphatic rings. The second-order valence-corrected chi connectivity index (χ2v) is 7.55.